The molecule has 0 aliphatic carbocycles. The van der Waals surface area contributed by atoms with Crippen molar-refractivity contribution in [2.45, 2.75) is 20.3 Å². The molecule has 1 fully saturated rings. The largest absolute Gasteiger partial charge is 0.383 e. The average Bonchev–Trinajstić information content (AvgIpc) is 3.33. The maximum absolute atomic E-state index is 14.8. The van der Waals surface area contributed by atoms with Gasteiger partial charge in [0.1, 0.15) is 23.8 Å². The molecule has 4 rings (SSSR count). The molecule has 0 saturated carbocycles. The topological polar surface area (TPSA) is 102 Å². The van der Waals surface area contributed by atoms with E-state index in [4.69, 9.17) is 5.73 Å². The Bertz CT molecular complexity index is 1340. The molecule has 1 aromatic heterocycles. The predicted molar refractivity (Wildman–Crippen MR) is 140 cm³/mol. The summed E-state index contributed by atoms with van der Waals surface area (Å²) < 4.78 is 28.6. The number of halogens is 2. The number of nitrogens with two attached hydrogens (primary N) is 1. The molecule has 2 N–H and O–H groups in total. The van der Waals surface area contributed by atoms with Crippen molar-refractivity contribution in [3.63, 3.8) is 0 Å². The highest BCUT2D eigenvalue weighted by atomic mass is 19.1. The number of carbonyl (C=O) groups is 2. The zero-order chi connectivity index (χ0) is 27.1. The van der Waals surface area contributed by atoms with E-state index in [0.29, 0.717) is 17.2 Å². The molecule has 192 valence electrons. The summed E-state index contributed by atoms with van der Waals surface area (Å²) in [5, 5.41) is 0. The van der Waals surface area contributed by atoms with E-state index in [1.807, 2.05) is 4.90 Å². The number of benzene rings is 2. The number of aromatic nitrogens is 2. The van der Waals surface area contributed by atoms with E-state index in [1.54, 1.807) is 13.0 Å². The third kappa shape index (κ3) is 6.30. The second-order valence-corrected chi connectivity index (χ2v) is 8.68. The van der Waals surface area contributed by atoms with Crippen LogP contribution in [0.4, 0.5) is 14.6 Å². The maximum atomic E-state index is 14.8. The monoisotopic (exact) mass is 505 g/mol. The minimum absolute atomic E-state index is 0.0332. The van der Waals surface area contributed by atoms with E-state index in [9.17, 15) is 18.4 Å². The van der Waals surface area contributed by atoms with Crippen molar-refractivity contribution in [2.75, 3.05) is 25.9 Å². The molecule has 1 amide bonds. The quantitative estimate of drug-likeness (QED) is 0.315. The molecular formula is C28H29F2N5O2. The Labute approximate surface area is 214 Å². The van der Waals surface area contributed by atoms with Crippen LogP contribution in [0.15, 0.2) is 66.4 Å². The molecule has 0 bridgehead atoms. The standard InChI is InChI=1S/C20H16F2N4O.C8H13NO/c1-11-17(20(23)26-10-25-11)18(24-2)13-8-7-12(9-16(13)22)19(27)14-5-3-4-6-15(14)21;1-3-8(10)9-5-4-7(2)6-9/h3-10H,1-2H3,(H2,23,25,26);3,7H,1,4-6H2,2H3. The molecule has 37 heavy (non-hydrogen) atoms. The summed E-state index contributed by atoms with van der Waals surface area (Å²) in [7, 11) is 1.50. The van der Waals surface area contributed by atoms with Gasteiger partial charge in [0.25, 0.3) is 0 Å². The minimum atomic E-state index is -0.680. The zero-order valence-corrected chi connectivity index (χ0v) is 21.0. The van der Waals surface area contributed by atoms with Crippen LogP contribution in [0.1, 0.15) is 46.1 Å². The highest BCUT2D eigenvalue weighted by molar-refractivity contribution is 6.16. The molecule has 0 radical (unpaired) electrons. The van der Waals surface area contributed by atoms with E-state index in [1.165, 1.54) is 49.8 Å². The van der Waals surface area contributed by atoms with Crippen molar-refractivity contribution in [3.05, 3.63) is 101 Å². The zero-order valence-electron chi connectivity index (χ0n) is 21.0. The molecule has 1 aliphatic rings. The van der Waals surface area contributed by atoms with Gasteiger partial charge in [0.15, 0.2) is 5.78 Å². The number of aryl methyl sites for hydroxylation is 1. The lowest BCUT2D eigenvalue weighted by Crippen LogP contribution is -2.26. The van der Waals surface area contributed by atoms with Crippen molar-refractivity contribution in [1.29, 1.82) is 0 Å². The SMILES string of the molecule is C=CC(=O)N1CCC(C)C1.CN=C(c1ccc(C(=O)c2ccccc2F)cc1F)c1c(C)ncnc1N. The summed E-state index contributed by atoms with van der Waals surface area (Å²) in [5.41, 5.74) is 7.21. The van der Waals surface area contributed by atoms with Gasteiger partial charge >= 0.3 is 0 Å². The number of amides is 1. The number of nitrogen functional groups attached to an aromatic ring is 1. The smallest absolute Gasteiger partial charge is 0.245 e. The third-order valence-corrected chi connectivity index (χ3v) is 6.04. The first-order valence-corrected chi connectivity index (χ1v) is 11.7. The Kier molecular flexibility index (Phi) is 8.95. The molecule has 3 aromatic rings. The van der Waals surface area contributed by atoms with Crippen LogP contribution in [-0.2, 0) is 4.79 Å². The van der Waals surface area contributed by atoms with Crippen molar-refractivity contribution in [3.8, 4) is 0 Å². The molecule has 1 atom stereocenters. The number of hydrogen-bond acceptors (Lipinski definition) is 6. The van der Waals surface area contributed by atoms with Gasteiger partial charge in [-0.05, 0) is 49.6 Å². The van der Waals surface area contributed by atoms with Crippen LogP contribution in [-0.4, -0.2) is 52.4 Å². The van der Waals surface area contributed by atoms with Gasteiger partial charge in [0.05, 0.1) is 22.5 Å². The molecule has 2 heterocycles. The fourth-order valence-electron chi connectivity index (χ4n) is 4.07. The number of anilines is 1. The second kappa shape index (κ2) is 12.1. The van der Waals surface area contributed by atoms with Crippen LogP contribution < -0.4 is 5.73 Å². The highest BCUT2D eigenvalue weighted by Crippen LogP contribution is 2.22. The van der Waals surface area contributed by atoms with Crippen molar-refractivity contribution in [2.24, 2.45) is 10.9 Å². The maximum Gasteiger partial charge on any atom is 0.245 e. The van der Waals surface area contributed by atoms with Gasteiger partial charge in [0.2, 0.25) is 5.91 Å². The molecular weight excluding hydrogens is 476 g/mol. The summed E-state index contributed by atoms with van der Waals surface area (Å²) in [5.74, 6) is -1.03. The number of likely N-dealkylation sites (tertiary alicyclic amines) is 1. The van der Waals surface area contributed by atoms with E-state index in [2.05, 4.69) is 28.5 Å². The van der Waals surface area contributed by atoms with E-state index in [0.717, 1.165) is 25.6 Å². The average molecular weight is 506 g/mol. The summed E-state index contributed by atoms with van der Waals surface area (Å²) in [6.45, 7) is 9.13. The van der Waals surface area contributed by atoms with Crippen molar-refractivity contribution in [1.82, 2.24) is 14.9 Å². The van der Waals surface area contributed by atoms with Crippen LogP contribution in [0.5, 0.6) is 0 Å². The number of aliphatic imine (C=N–C) groups is 1. The normalized spacial score (nSPS) is 15.1. The Hall–Kier alpha value is -4.27. The van der Waals surface area contributed by atoms with Gasteiger partial charge < -0.3 is 10.6 Å². The Morgan fingerprint density at radius 2 is 1.86 bits per heavy atom. The van der Waals surface area contributed by atoms with E-state index < -0.39 is 17.4 Å². The van der Waals surface area contributed by atoms with Crippen LogP contribution >= 0.6 is 0 Å². The summed E-state index contributed by atoms with van der Waals surface area (Å²) in [4.78, 5) is 37.4. The van der Waals surface area contributed by atoms with E-state index >= 15 is 0 Å². The molecule has 1 unspecified atom stereocenters. The number of carbonyl (C=O) groups excluding carboxylic acids is 2. The molecule has 7 nitrogen and oxygen atoms in total. The highest BCUT2D eigenvalue weighted by Gasteiger charge is 2.21. The van der Waals surface area contributed by atoms with Gasteiger partial charge in [-0.2, -0.15) is 0 Å². The summed E-state index contributed by atoms with van der Waals surface area (Å²) in [6.07, 6.45) is 3.84. The number of rotatable bonds is 5. The van der Waals surface area contributed by atoms with Gasteiger partial charge in [-0.25, -0.2) is 18.7 Å². The van der Waals surface area contributed by atoms with Crippen LogP contribution in [0, 0.1) is 24.5 Å². The van der Waals surface area contributed by atoms with Gasteiger partial charge in [-0.1, -0.05) is 31.7 Å². The summed E-state index contributed by atoms with van der Waals surface area (Å²) in [6, 6.07) is 9.46. The Morgan fingerprint density at radius 1 is 1.14 bits per heavy atom. The van der Waals surface area contributed by atoms with Gasteiger partial charge in [0, 0.05) is 31.3 Å². The van der Waals surface area contributed by atoms with Crippen LogP contribution in [0.25, 0.3) is 0 Å². The first-order chi connectivity index (χ1) is 17.7. The lowest BCUT2D eigenvalue weighted by atomic mass is 9.96. The van der Waals surface area contributed by atoms with Gasteiger partial charge in [-0.3, -0.25) is 14.6 Å². The molecule has 1 saturated heterocycles. The lowest BCUT2D eigenvalue weighted by molar-refractivity contribution is -0.125. The Balaban J connectivity index is 0.000000319. The van der Waals surface area contributed by atoms with Crippen molar-refractivity contribution < 1.29 is 18.4 Å². The number of nitrogens with zero attached hydrogens (tertiary/aromatic N) is 4. The number of ketones is 1. The lowest BCUT2D eigenvalue weighted by Gasteiger charge is -2.12. The summed E-state index contributed by atoms with van der Waals surface area (Å²) >= 11 is 0. The molecule has 0 spiro atoms. The van der Waals surface area contributed by atoms with Crippen LogP contribution in [0.2, 0.25) is 0 Å². The fourth-order valence-corrected chi connectivity index (χ4v) is 4.07. The third-order valence-electron chi connectivity index (χ3n) is 6.04. The molecule has 1 aliphatic heterocycles. The first kappa shape index (κ1) is 27.3. The Morgan fingerprint density at radius 3 is 2.43 bits per heavy atom. The minimum Gasteiger partial charge on any atom is -0.383 e. The second-order valence-electron chi connectivity index (χ2n) is 8.68. The van der Waals surface area contributed by atoms with Crippen LogP contribution in [0.3, 0.4) is 0 Å². The fraction of sp³-hybridized carbons (Fsp3) is 0.250. The molecule has 9 heteroatoms. The van der Waals surface area contributed by atoms with E-state index in [-0.39, 0.29) is 34.1 Å². The number of hydrogen-bond donors (Lipinski definition) is 1. The first-order valence-electron chi connectivity index (χ1n) is 11.7. The van der Waals surface area contributed by atoms with Crippen molar-refractivity contribution >= 4 is 23.2 Å². The predicted octanol–water partition coefficient (Wildman–Crippen LogP) is 4.38. The molecule has 2 aromatic carbocycles. The van der Waals surface area contributed by atoms with Gasteiger partial charge in [-0.15, -0.1) is 0 Å².